The van der Waals surface area contributed by atoms with Gasteiger partial charge in [0.1, 0.15) is 0 Å². The summed E-state index contributed by atoms with van der Waals surface area (Å²) in [6.07, 6.45) is 4.27. The third-order valence-electron chi connectivity index (χ3n) is 3.39. The van der Waals surface area contributed by atoms with E-state index in [1.165, 1.54) is 0 Å². The van der Waals surface area contributed by atoms with Crippen LogP contribution >= 0.6 is 0 Å². The Bertz CT molecular complexity index is 165. The summed E-state index contributed by atoms with van der Waals surface area (Å²) in [6, 6.07) is 0. The summed E-state index contributed by atoms with van der Waals surface area (Å²) in [6.45, 7) is 4.04. The van der Waals surface area contributed by atoms with Gasteiger partial charge in [-0.15, -0.1) is 0 Å². The largest absolute Gasteiger partial charge is 0.393 e. The molecule has 4 heteroatoms. The number of aliphatic hydroxyl groups is 1. The van der Waals surface area contributed by atoms with E-state index in [1.54, 1.807) is 0 Å². The van der Waals surface area contributed by atoms with Crippen LogP contribution < -0.4 is 0 Å². The van der Waals surface area contributed by atoms with Crippen LogP contribution in [0.5, 0.6) is 0 Å². The number of rotatable bonds is 2. The molecule has 1 N–H and O–H groups in total. The number of piperidine rings is 2. The molecule has 0 aromatic carbocycles. The first-order valence-electron chi connectivity index (χ1n) is 6.02. The van der Waals surface area contributed by atoms with Crippen LogP contribution in [0.4, 0.5) is 0 Å². The van der Waals surface area contributed by atoms with Gasteiger partial charge in [0.25, 0.3) is 0 Å². The summed E-state index contributed by atoms with van der Waals surface area (Å²) >= 11 is 0. The van der Waals surface area contributed by atoms with E-state index in [-0.39, 0.29) is 6.10 Å². The fourth-order valence-corrected chi connectivity index (χ4v) is 2.25. The smallest absolute Gasteiger partial charge is 0.0817 e. The third-order valence-corrected chi connectivity index (χ3v) is 3.39. The molecule has 0 aliphatic carbocycles. The quantitative estimate of drug-likeness (QED) is 0.725. The molecule has 0 amide bonds. The maximum Gasteiger partial charge on any atom is 0.0817 e. The lowest BCUT2D eigenvalue weighted by Gasteiger charge is -2.35. The Kier molecular flexibility index (Phi) is 3.97. The zero-order valence-electron chi connectivity index (χ0n) is 9.56. The molecule has 0 aromatic rings. The average Bonchev–Trinajstić information content (AvgIpc) is 2.25. The summed E-state index contributed by atoms with van der Waals surface area (Å²) in [5.41, 5.74) is 0. The Balaban J connectivity index is 1.68. The summed E-state index contributed by atoms with van der Waals surface area (Å²) in [5, 5.41) is 11.4. The highest BCUT2D eigenvalue weighted by Gasteiger charge is 2.23. The molecular formula is C11H22N2O2. The van der Waals surface area contributed by atoms with Gasteiger partial charge in [-0.3, -0.25) is 4.84 Å². The second-order valence-corrected chi connectivity index (χ2v) is 4.77. The van der Waals surface area contributed by atoms with Gasteiger partial charge < -0.3 is 10.0 Å². The lowest BCUT2D eigenvalue weighted by Crippen LogP contribution is -2.42. The molecule has 2 aliphatic heterocycles. The topological polar surface area (TPSA) is 35.9 Å². The summed E-state index contributed by atoms with van der Waals surface area (Å²) < 4.78 is 0. The van der Waals surface area contributed by atoms with Crippen molar-refractivity contribution in [3.63, 3.8) is 0 Å². The van der Waals surface area contributed by atoms with E-state index >= 15 is 0 Å². The van der Waals surface area contributed by atoms with Gasteiger partial charge in [-0.1, -0.05) is 0 Å². The van der Waals surface area contributed by atoms with E-state index in [9.17, 15) is 5.11 Å². The van der Waals surface area contributed by atoms with Gasteiger partial charge in [-0.2, -0.15) is 5.06 Å². The fourth-order valence-electron chi connectivity index (χ4n) is 2.25. The molecule has 2 heterocycles. The van der Waals surface area contributed by atoms with Crippen LogP contribution in [0.3, 0.4) is 0 Å². The van der Waals surface area contributed by atoms with Crippen molar-refractivity contribution in [2.24, 2.45) is 0 Å². The molecule has 0 bridgehead atoms. The van der Waals surface area contributed by atoms with Crippen LogP contribution in [0.1, 0.15) is 25.7 Å². The lowest BCUT2D eigenvalue weighted by molar-refractivity contribution is -0.221. The first-order valence-corrected chi connectivity index (χ1v) is 6.02. The van der Waals surface area contributed by atoms with Crippen LogP contribution in [-0.2, 0) is 4.84 Å². The van der Waals surface area contributed by atoms with Crippen molar-refractivity contribution in [2.75, 3.05) is 33.2 Å². The second kappa shape index (κ2) is 5.25. The molecule has 0 spiro atoms. The molecule has 0 atom stereocenters. The van der Waals surface area contributed by atoms with Gasteiger partial charge in [0, 0.05) is 26.2 Å². The van der Waals surface area contributed by atoms with Gasteiger partial charge >= 0.3 is 0 Å². The lowest BCUT2D eigenvalue weighted by atomic mass is 10.1. The van der Waals surface area contributed by atoms with E-state index in [2.05, 4.69) is 11.9 Å². The monoisotopic (exact) mass is 214 g/mol. The van der Waals surface area contributed by atoms with Crippen molar-refractivity contribution in [2.45, 2.75) is 37.9 Å². The minimum atomic E-state index is -0.109. The van der Waals surface area contributed by atoms with Crippen molar-refractivity contribution in [3.05, 3.63) is 0 Å². The van der Waals surface area contributed by atoms with Crippen molar-refractivity contribution in [1.82, 2.24) is 9.96 Å². The van der Waals surface area contributed by atoms with E-state index in [1.807, 2.05) is 5.06 Å². The summed E-state index contributed by atoms with van der Waals surface area (Å²) in [5.74, 6) is 0. The standard InChI is InChI=1S/C11H22N2O2/c1-12-6-4-11(5-7-12)15-13-8-2-10(14)3-9-13/h10-11,14H,2-9H2,1H3. The summed E-state index contributed by atoms with van der Waals surface area (Å²) in [4.78, 5) is 8.27. The molecule has 0 saturated carbocycles. The Morgan fingerprint density at radius 3 is 2.20 bits per heavy atom. The molecule has 2 rings (SSSR count). The molecule has 0 radical (unpaired) electrons. The molecule has 0 unspecified atom stereocenters. The highest BCUT2D eigenvalue weighted by Crippen LogP contribution is 2.17. The minimum Gasteiger partial charge on any atom is -0.393 e. The number of hydroxylamine groups is 2. The maximum absolute atomic E-state index is 9.38. The van der Waals surface area contributed by atoms with Gasteiger partial charge in [0.2, 0.25) is 0 Å². The second-order valence-electron chi connectivity index (χ2n) is 4.77. The third kappa shape index (κ3) is 3.41. The molecule has 0 aromatic heterocycles. The van der Waals surface area contributed by atoms with Gasteiger partial charge in [-0.05, 0) is 32.7 Å². The van der Waals surface area contributed by atoms with Crippen LogP contribution in [0.25, 0.3) is 0 Å². The SMILES string of the molecule is CN1CCC(ON2CCC(O)CC2)CC1. The number of aliphatic hydroxyl groups excluding tert-OH is 1. The first-order chi connectivity index (χ1) is 7.24. The van der Waals surface area contributed by atoms with Crippen LogP contribution in [-0.4, -0.2) is 60.5 Å². The van der Waals surface area contributed by atoms with Gasteiger partial charge in [-0.25, -0.2) is 0 Å². The number of likely N-dealkylation sites (tertiary alicyclic amines) is 1. The van der Waals surface area contributed by atoms with Crippen molar-refractivity contribution in [3.8, 4) is 0 Å². The zero-order valence-corrected chi connectivity index (χ0v) is 9.56. The normalized spacial score (nSPS) is 28.4. The molecular weight excluding hydrogens is 192 g/mol. The Hall–Kier alpha value is -0.160. The molecule has 4 nitrogen and oxygen atoms in total. The van der Waals surface area contributed by atoms with E-state index < -0.39 is 0 Å². The Morgan fingerprint density at radius 1 is 1.00 bits per heavy atom. The van der Waals surface area contributed by atoms with Crippen LogP contribution in [0, 0.1) is 0 Å². The van der Waals surface area contributed by atoms with Crippen LogP contribution in [0.15, 0.2) is 0 Å². The molecule has 88 valence electrons. The number of hydrogen-bond acceptors (Lipinski definition) is 4. The molecule has 15 heavy (non-hydrogen) atoms. The van der Waals surface area contributed by atoms with E-state index in [0.29, 0.717) is 6.10 Å². The number of hydrogen-bond donors (Lipinski definition) is 1. The predicted octanol–water partition coefficient (Wildman–Crippen LogP) is 0.469. The molecule has 2 aliphatic rings. The Morgan fingerprint density at radius 2 is 1.60 bits per heavy atom. The van der Waals surface area contributed by atoms with Crippen molar-refractivity contribution >= 4 is 0 Å². The molecule has 2 fully saturated rings. The fraction of sp³-hybridized carbons (Fsp3) is 1.00. The average molecular weight is 214 g/mol. The van der Waals surface area contributed by atoms with Crippen molar-refractivity contribution in [1.29, 1.82) is 0 Å². The number of nitrogens with zero attached hydrogens (tertiary/aromatic N) is 2. The minimum absolute atomic E-state index is 0.109. The highest BCUT2D eigenvalue weighted by atomic mass is 16.7. The van der Waals surface area contributed by atoms with Crippen LogP contribution in [0.2, 0.25) is 0 Å². The van der Waals surface area contributed by atoms with Gasteiger partial charge in [0.05, 0.1) is 12.2 Å². The maximum atomic E-state index is 9.38. The van der Waals surface area contributed by atoms with E-state index in [0.717, 1.165) is 51.9 Å². The molecule has 2 saturated heterocycles. The summed E-state index contributed by atoms with van der Waals surface area (Å²) in [7, 11) is 2.16. The Labute approximate surface area is 91.8 Å². The highest BCUT2D eigenvalue weighted by molar-refractivity contribution is 4.71. The zero-order chi connectivity index (χ0) is 10.7. The first kappa shape index (κ1) is 11.3. The predicted molar refractivity (Wildman–Crippen MR) is 58.4 cm³/mol. The van der Waals surface area contributed by atoms with Gasteiger partial charge in [0.15, 0.2) is 0 Å². The van der Waals surface area contributed by atoms with Crippen molar-refractivity contribution < 1.29 is 9.94 Å². The van der Waals surface area contributed by atoms with E-state index in [4.69, 9.17) is 4.84 Å².